The van der Waals surface area contributed by atoms with Crippen molar-refractivity contribution in [3.05, 3.63) is 52.6 Å². The van der Waals surface area contributed by atoms with E-state index >= 15 is 0 Å². The van der Waals surface area contributed by atoms with Crippen LogP contribution in [0.1, 0.15) is 30.7 Å². The van der Waals surface area contributed by atoms with Crippen LogP contribution in [0.25, 0.3) is 0 Å². The third-order valence-corrected chi connectivity index (χ3v) is 3.46. The molecule has 0 aliphatic carbocycles. The lowest BCUT2D eigenvalue weighted by Gasteiger charge is -2.06. The Morgan fingerprint density at radius 1 is 1.35 bits per heavy atom. The van der Waals surface area contributed by atoms with Gasteiger partial charge in [-0.1, -0.05) is 37.6 Å². The Hall–Kier alpha value is -1.32. The molecule has 1 heterocycles. The minimum Gasteiger partial charge on any atom is -0.333 e. The van der Waals surface area contributed by atoms with Crippen molar-refractivity contribution in [3.8, 4) is 0 Å². The van der Waals surface area contributed by atoms with Gasteiger partial charge in [0.1, 0.15) is 0 Å². The van der Waals surface area contributed by atoms with Crippen LogP contribution in [0.15, 0.2) is 30.7 Å². The van der Waals surface area contributed by atoms with E-state index in [0.29, 0.717) is 5.92 Å². The van der Waals surface area contributed by atoms with E-state index in [0.717, 1.165) is 35.9 Å². The first-order valence-corrected chi connectivity index (χ1v) is 7.39. The molecule has 20 heavy (non-hydrogen) atoms. The van der Waals surface area contributed by atoms with Crippen LogP contribution in [0.2, 0.25) is 5.02 Å². The van der Waals surface area contributed by atoms with Crippen LogP contribution in [0.4, 0.5) is 0 Å². The molecule has 0 saturated heterocycles. The third-order valence-electron chi connectivity index (χ3n) is 3.11. The minimum absolute atomic E-state index is 0.656. The lowest BCUT2D eigenvalue weighted by Crippen LogP contribution is -2.19. The highest BCUT2D eigenvalue weighted by atomic mass is 35.5. The van der Waals surface area contributed by atoms with E-state index < -0.39 is 0 Å². The number of halogens is 1. The standard InChI is InChI=1S/C16H22ClN3/c1-12(2)7-18-8-15-10-20(11-19-15)9-14-5-4-13(3)6-16(14)17/h4-6,10-12,18H,7-9H2,1-3H3. The van der Waals surface area contributed by atoms with Crippen LogP contribution < -0.4 is 5.32 Å². The molecular weight excluding hydrogens is 270 g/mol. The van der Waals surface area contributed by atoms with E-state index in [2.05, 4.69) is 47.0 Å². The topological polar surface area (TPSA) is 29.9 Å². The molecule has 0 atom stereocenters. The highest BCUT2D eigenvalue weighted by molar-refractivity contribution is 6.31. The summed E-state index contributed by atoms with van der Waals surface area (Å²) in [7, 11) is 0. The quantitative estimate of drug-likeness (QED) is 0.880. The molecule has 0 saturated carbocycles. The Morgan fingerprint density at radius 2 is 2.15 bits per heavy atom. The number of aromatic nitrogens is 2. The minimum atomic E-state index is 0.656. The van der Waals surface area contributed by atoms with Gasteiger partial charge < -0.3 is 9.88 Å². The summed E-state index contributed by atoms with van der Waals surface area (Å²) in [6.45, 7) is 9.03. The Kier molecular flexibility index (Phi) is 5.21. The molecule has 0 fully saturated rings. The van der Waals surface area contributed by atoms with Crippen LogP contribution in [0.3, 0.4) is 0 Å². The maximum absolute atomic E-state index is 6.26. The molecule has 0 aliphatic rings. The molecular formula is C16H22ClN3. The fourth-order valence-corrected chi connectivity index (χ4v) is 2.35. The van der Waals surface area contributed by atoms with Gasteiger partial charge in [0.25, 0.3) is 0 Å². The number of hydrogen-bond acceptors (Lipinski definition) is 2. The zero-order valence-electron chi connectivity index (χ0n) is 12.4. The van der Waals surface area contributed by atoms with Crippen LogP contribution >= 0.6 is 11.6 Å². The second-order valence-electron chi connectivity index (χ2n) is 5.66. The number of imidazole rings is 1. The zero-order chi connectivity index (χ0) is 14.5. The first-order chi connectivity index (χ1) is 9.54. The van der Waals surface area contributed by atoms with Gasteiger partial charge in [-0.05, 0) is 36.6 Å². The van der Waals surface area contributed by atoms with Crippen molar-refractivity contribution in [3.63, 3.8) is 0 Å². The summed E-state index contributed by atoms with van der Waals surface area (Å²) in [5, 5.41) is 4.21. The zero-order valence-corrected chi connectivity index (χ0v) is 13.1. The second kappa shape index (κ2) is 6.91. The van der Waals surface area contributed by atoms with E-state index in [-0.39, 0.29) is 0 Å². The second-order valence-corrected chi connectivity index (χ2v) is 6.06. The number of aryl methyl sites for hydroxylation is 1. The average molecular weight is 292 g/mol. The summed E-state index contributed by atoms with van der Waals surface area (Å²) in [5.41, 5.74) is 3.37. The SMILES string of the molecule is Cc1ccc(Cn2cnc(CNCC(C)C)c2)c(Cl)c1. The Balaban J connectivity index is 1.95. The van der Waals surface area contributed by atoms with E-state index in [1.54, 1.807) is 0 Å². The number of benzene rings is 1. The Labute approximate surface area is 126 Å². The first kappa shape index (κ1) is 15.1. The molecule has 2 rings (SSSR count). The van der Waals surface area contributed by atoms with Gasteiger partial charge in [-0.15, -0.1) is 0 Å². The lowest BCUT2D eigenvalue weighted by atomic mass is 10.1. The molecule has 0 aliphatic heterocycles. The van der Waals surface area contributed by atoms with E-state index in [1.807, 2.05) is 19.3 Å². The Morgan fingerprint density at radius 3 is 2.85 bits per heavy atom. The van der Waals surface area contributed by atoms with E-state index in [4.69, 9.17) is 11.6 Å². The van der Waals surface area contributed by atoms with Crippen LogP contribution in [-0.2, 0) is 13.1 Å². The highest BCUT2D eigenvalue weighted by Crippen LogP contribution is 2.18. The van der Waals surface area contributed by atoms with Gasteiger partial charge in [0.05, 0.1) is 12.0 Å². The normalized spacial score (nSPS) is 11.2. The molecule has 108 valence electrons. The van der Waals surface area contributed by atoms with Gasteiger partial charge in [0, 0.05) is 24.3 Å². The van der Waals surface area contributed by atoms with Crippen molar-refractivity contribution in [2.45, 2.75) is 33.9 Å². The predicted molar refractivity (Wildman–Crippen MR) is 84.1 cm³/mol. The summed E-state index contributed by atoms with van der Waals surface area (Å²) in [6, 6.07) is 6.16. The van der Waals surface area contributed by atoms with Gasteiger partial charge in [-0.25, -0.2) is 4.98 Å². The molecule has 1 aromatic carbocycles. The van der Waals surface area contributed by atoms with Crippen LogP contribution in [-0.4, -0.2) is 16.1 Å². The fourth-order valence-electron chi connectivity index (χ4n) is 2.05. The lowest BCUT2D eigenvalue weighted by molar-refractivity contribution is 0.548. The number of rotatable bonds is 6. The van der Waals surface area contributed by atoms with E-state index in [1.165, 1.54) is 5.56 Å². The van der Waals surface area contributed by atoms with E-state index in [9.17, 15) is 0 Å². The third kappa shape index (κ3) is 4.36. The Bertz CT molecular complexity index is 561. The maximum Gasteiger partial charge on any atom is 0.0953 e. The molecule has 1 N–H and O–H groups in total. The summed E-state index contributed by atoms with van der Waals surface area (Å²) >= 11 is 6.26. The molecule has 0 bridgehead atoms. The monoisotopic (exact) mass is 291 g/mol. The first-order valence-electron chi connectivity index (χ1n) is 7.01. The van der Waals surface area contributed by atoms with Gasteiger partial charge in [0.15, 0.2) is 0 Å². The molecule has 0 radical (unpaired) electrons. The van der Waals surface area contributed by atoms with Crippen molar-refractivity contribution >= 4 is 11.6 Å². The molecule has 0 spiro atoms. The molecule has 2 aromatic rings. The smallest absolute Gasteiger partial charge is 0.0953 e. The maximum atomic E-state index is 6.26. The van der Waals surface area contributed by atoms with Crippen molar-refractivity contribution in [1.29, 1.82) is 0 Å². The predicted octanol–water partition coefficient (Wildman–Crippen LogP) is 3.64. The summed E-state index contributed by atoms with van der Waals surface area (Å²) in [5.74, 6) is 0.656. The van der Waals surface area contributed by atoms with Gasteiger partial charge in [-0.2, -0.15) is 0 Å². The number of hydrogen-bond donors (Lipinski definition) is 1. The van der Waals surface area contributed by atoms with Crippen LogP contribution in [0.5, 0.6) is 0 Å². The number of nitrogens with zero attached hydrogens (tertiary/aromatic N) is 2. The van der Waals surface area contributed by atoms with Crippen molar-refractivity contribution < 1.29 is 0 Å². The highest BCUT2D eigenvalue weighted by Gasteiger charge is 2.04. The van der Waals surface area contributed by atoms with Crippen molar-refractivity contribution in [2.75, 3.05) is 6.54 Å². The van der Waals surface area contributed by atoms with Crippen molar-refractivity contribution in [2.24, 2.45) is 5.92 Å². The summed E-state index contributed by atoms with van der Waals surface area (Å²) < 4.78 is 2.07. The van der Waals surface area contributed by atoms with Gasteiger partial charge >= 0.3 is 0 Å². The average Bonchev–Trinajstić information content (AvgIpc) is 2.80. The van der Waals surface area contributed by atoms with Gasteiger partial charge in [-0.3, -0.25) is 0 Å². The number of nitrogens with one attached hydrogen (secondary N) is 1. The van der Waals surface area contributed by atoms with Crippen molar-refractivity contribution in [1.82, 2.24) is 14.9 Å². The molecule has 4 heteroatoms. The summed E-state index contributed by atoms with van der Waals surface area (Å²) in [6.07, 6.45) is 3.94. The largest absolute Gasteiger partial charge is 0.333 e. The molecule has 0 amide bonds. The van der Waals surface area contributed by atoms with Gasteiger partial charge in [0.2, 0.25) is 0 Å². The summed E-state index contributed by atoms with van der Waals surface area (Å²) in [4.78, 5) is 4.41. The molecule has 3 nitrogen and oxygen atoms in total. The van der Waals surface area contributed by atoms with Crippen LogP contribution in [0, 0.1) is 12.8 Å². The molecule has 1 aromatic heterocycles. The fraction of sp³-hybridized carbons (Fsp3) is 0.438. The molecule has 0 unspecified atom stereocenters.